The minimum atomic E-state index is -0.841. The summed E-state index contributed by atoms with van der Waals surface area (Å²) in [7, 11) is 0. The molecule has 1 amide bonds. The van der Waals surface area contributed by atoms with E-state index in [4.69, 9.17) is 5.26 Å². The van der Waals surface area contributed by atoms with Gasteiger partial charge in [-0.15, -0.1) is 0 Å². The lowest BCUT2D eigenvalue weighted by Gasteiger charge is -2.25. The number of nitrogens with one attached hydrogen (secondary N) is 1. The van der Waals surface area contributed by atoms with Crippen molar-refractivity contribution in [2.75, 3.05) is 12.0 Å². The van der Waals surface area contributed by atoms with Crippen LogP contribution < -0.4 is 5.32 Å². The monoisotopic (exact) mass is 242 g/mol. The Bertz CT molecular complexity index is 256. The molecule has 1 N–H and O–H groups in total. The molecule has 0 fully saturated rings. The van der Waals surface area contributed by atoms with Crippen LogP contribution in [0, 0.1) is 16.7 Å². The van der Waals surface area contributed by atoms with Gasteiger partial charge in [-0.1, -0.05) is 20.8 Å². The van der Waals surface area contributed by atoms with Crippen molar-refractivity contribution in [2.45, 2.75) is 46.1 Å². The van der Waals surface area contributed by atoms with Gasteiger partial charge in [0.1, 0.15) is 5.41 Å². The van der Waals surface area contributed by atoms with Crippen LogP contribution in [0.25, 0.3) is 0 Å². The van der Waals surface area contributed by atoms with Crippen molar-refractivity contribution >= 4 is 17.7 Å². The van der Waals surface area contributed by atoms with Crippen molar-refractivity contribution in [3.8, 4) is 6.07 Å². The van der Waals surface area contributed by atoms with E-state index in [-0.39, 0.29) is 11.9 Å². The van der Waals surface area contributed by atoms with E-state index in [1.807, 2.05) is 27.0 Å². The highest BCUT2D eigenvalue weighted by Gasteiger charge is 2.35. The Labute approximate surface area is 103 Å². The minimum absolute atomic E-state index is 0.110. The molecule has 0 aliphatic carbocycles. The number of carbonyl (C=O) groups excluding carboxylic acids is 1. The third-order valence-corrected chi connectivity index (χ3v) is 3.79. The smallest absolute Gasteiger partial charge is 0.240 e. The summed E-state index contributed by atoms with van der Waals surface area (Å²) in [5.74, 6) is 0.790. The zero-order chi connectivity index (χ0) is 12.6. The van der Waals surface area contributed by atoms with E-state index in [0.717, 1.165) is 12.2 Å². The number of rotatable bonds is 7. The Hall–Kier alpha value is -0.690. The molecule has 0 heterocycles. The Morgan fingerprint density at radius 2 is 2.00 bits per heavy atom. The second kappa shape index (κ2) is 7.56. The molecule has 0 aromatic carbocycles. The van der Waals surface area contributed by atoms with Crippen molar-refractivity contribution < 1.29 is 4.79 Å². The first-order valence-electron chi connectivity index (χ1n) is 5.81. The third-order valence-electron chi connectivity index (χ3n) is 3.05. The lowest BCUT2D eigenvalue weighted by Crippen LogP contribution is -2.45. The number of nitriles is 1. The van der Waals surface area contributed by atoms with Gasteiger partial charge in [-0.25, -0.2) is 0 Å². The van der Waals surface area contributed by atoms with Gasteiger partial charge in [0.05, 0.1) is 6.07 Å². The van der Waals surface area contributed by atoms with Crippen LogP contribution in [0.1, 0.15) is 40.0 Å². The Kier molecular flexibility index (Phi) is 7.24. The average molecular weight is 242 g/mol. The Morgan fingerprint density at radius 3 is 2.31 bits per heavy atom. The molecule has 0 bridgehead atoms. The maximum absolute atomic E-state index is 12.1. The minimum Gasteiger partial charge on any atom is -0.351 e. The topological polar surface area (TPSA) is 52.9 Å². The summed E-state index contributed by atoms with van der Waals surface area (Å²) in [6, 6.07) is 2.34. The molecule has 3 nitrogen and oxygen atoms in total. The molecule has 1 unspecified atom stereocenters. The first-order chi connectivity index (χ1) is 7.60. The van der Waals surface area contributed by atoms with Crippen molar-refractivity contribution in [1.29, 1.82) is 5.26 Å². The molecule has 0 aliphatic heterocycles. The number of nitrogens with zero attached hydrogens (tertiary/aromatic N) is 1. The third kappa shape index (κ3) is 3.71. The lowest BCUT2D eigenvalue weighted by molar-refractivity contribution is -0.129. The summed E-state index contributed by atoms with van der Waals surface area (Å²) in [5, 5.41) is 12.1. The van der Waals surface area contributed by atoms with Crippen LogP contribution in [0.2, 0.25) is 0 Å². The zero-order valence-corrected chi connectivity index (χ0v) is 11.5. The molecule has 1 atom stereocenters. The van der Waals surface area contributed by atoms with Gasteiger partial charge in [0.2, 0.25) is 5.91 Å². The standard InChI is InChI=1S/C12H22N2OS/c1-5-10(8-16-4)14-11(15)12(6-2,7-3)9-13/h10H,5-8H2,1-4H3,(H,14,15). The van der Waals surface area contributed by atoms with Crippen molar-refractivity contribution in [3.05, 3.63) is 0 Å². The van der Waals surface area contributed by atoms with E-state index in [1.54, 1.807) is 11.8 Å². The molecule has 0 aromatic rings. The molecule has 0 spiro atoms. The highest BCUT2D eigenvalue weighted by atomic mass is 32.2. The molecular weight excluding hydrogens is 220 g/mol. The van der Waals surface area contributed by atoms with Crippen LogP contribution in [-0.4, -0.2) is 24.0 Å². The summed E-state index contributed by atoms with van der Waals surface area (Å²) in [6.07, 6.45) is 4.07. The fourth-order valence-electron chi connectivity index (χ4n) is 1.57. The number of thioether (sulfide) groups is 1. The fraction of sp³-hybridized carbons (Fsp3) is 0.833. The number of amides is 1. The predicted molar refractivity (Wildman–Crippen MR) is 69.2 cm³/mol. The molecule has 0 rings (SSSR count). The average Bonchev–Trinajstić information content (AvgIpc) is 2.31. The van der Waals surface area contributed by atoms with E-state index in [0.29, 0.717) is 12.8 Å². The normalized spacial score (nSPS) is 12.9. The molecule has 0 saturated carbocycles. The summed E-state index contributed by atoms with van der Waals surface area (Å²) in [4.78, 5) is 12.1. The summed E-state index contributed by atoms with van der Waals surface area (Å²) >= 11 is 1.71. The second-order valence-electron chi connectivity index (χ2n) is 3.93. The van der Waals surface area contributed by atoms with Gasteiger partial charge < -0.3 is 5.32 Å². The number of carbonyl (C=O) groups is 1. The first-order valence-corrected chi connectivity index (χ1v) is 7.20. The predicted octanol–water partition coefficient (Wildman–Crippen LogP) is 2.57. The van der Waals surface area contributed by atoms with Crippen molar-refractivity contribution in [1.82, 2.24) is 5.32 Å². The van der Waals surface area contributed by atoms with Crippen LogP contribution >= 0.6 is 11.8 Å². The lowest BCUT2D eigenvalue weighted by atomic mass is 9.83. The Balaban J connectivity index is 4.59. The summed E-state index contributed by atoms with van der Waals surface area (Å²) in [6.45, 7) is 5.83. The van der Waals surface area contributed by atoms with E-state index in [1.165, 1.54) is 0 Å². The van der Waals surface area contributed by atoms with Crippen molar-refractivity contribution in [2.24, 2.45) is 5.41 Å². The van der Waals surface area contributed by atoms with Crippen LogP contribution in [0.3, 0.4) is 0 Å². The van der Waals surface area contributed by atoms with Crippen LogP contribution in [-0.2, 0) is 4.79 Å². The highest BCUT2D eigenvalue weighted by molar-refractivity contribution is 7.98. The molecule has 0 aromatic heterocycles. The quantitative estimate of drug-likeness (QED) is 0.746. The van der Waals surface area contributed by atoms with Gasteiger partial charge in [-0.05, 0) is 25.5 Å². The summed E-state index contributed by atoms with van der Waals surface area (Å²) in [5.41, 5.74) is -0.841. The Morgan fingerprint density at radius 1 is 1.44 bits per heavy atom. The van der Waals surface area contributed by atoms with Crippen LogP contribution in [0.4, 0.5) is 0 Å². The maximum atomic E-state index is 12.1. The summed E-state index contributed by atoms with van der Waals surface area (Å²) < 4.78 is 0. The van der Waals surface area contributed by atoms with E-state index >= 15 is 0 Å². The molecule has 16 heavy (non-hydrogen) atoms. The number of hydrogen-bond donors (Lipinski definition) is 1. The second-order valence-corrected chi connectivity index (χ2v) is 4.85. The van der Waals surface area contributed by atoms with Gasteiger partial charge in [0, 0.05) is 11.8 Å². The molecule has 4 heteroatoms. The van der Waals surface area contributed by atoms with Gasteiger partial charge in [0.15, 0.2) is 0 Å². The van der Waals surface area contributed by atoms with Gasteiger partial charge in [-0.2, -0.15) is 17.0 Å². The van der Waals surface area contributed by atoms with E-state index in [9.17, 15) is 4.79 Å². The van der Waals surface area contributed by atoms with Crippen molar-refractivity contribution in [3.63, 3.8) is 0 Å². The maximum Gasteiger partial charge on any atom is 0.240 e. The van der Waals surface area contributed by atoms with Crippen LogP contribution in [0.5, 0.6) is 0 Å². The van der Waals surface area contributed by atoms with E-state index in [2.05, 4.69) is 11.4 Å². The van der Waals surface area contributed by atoms with Gasteiger partial charge in [0.25, 0.3) is 0 Å². The first kappa shape index (κ1) is 15.3. The van der Waals surface area contributed by atoms with Gasteiger partial charge >= 0.3 is 0 Å². The molecular formula is C12H22N2OS. The largest absolute Gasteiger partial charge is 0.351 e. The number of hydrogen-bond acceptors (Lipinski definition) is 3. The van der Waals surface area contributed by atoms with Crippen LogP contribution in [0.15, 0.2) is 0 Å². The SMILES string of the molecule is CCC(CSC)NC(=O)C(C#N)(CC)CC. The van der Waals surface area contributed by atoms with E-state index < -0.39 is 5.41 Å². The molecule has 92 valence electrons. The molecule has 0 radical (unpaired) electrons. The fourth-order valence-corrected chi connectivity index (χ4v) is 2.29. The highest BCUT2D eigenvalue weighted by Crippen LogP contribution is 2.25. The van der Waals surface area contributed by atoms with Gasteiger partial charge in [-0.3, -0.25) is 4.79 Å². The molecule has 0 aliphatic rings. The molecule has 0 saturated heterocycles. The zero-order valence-electron chi connectivity index (χ0n) is 10.7.